The Kier molecular flexibility index (Phi) is 5.15. The first kappa shape index (κ1) is 18.6. The second kappa shape index (κ2) is 7.20. The lowest BCUT2D eigenvalue weighted by atomic mass is 10.2. The van der Waals surface area contributed by atoms with Crippen molar-refractivity contribution in [2.24, 2.45) is 0 Å². The molecule has 3 rings (SSSR count). The van der Waals surface area contributed by atoms with E-state index in [4.69, 9.17) is 11.6 Å². The van der Waals surface area contributed by atoms with Gasteiger partial charge in [0.25, 0.3) is 5.91 Å². The summed E-state index contributed by atoms with van der Waals surface area (Å²) in [5, 5.41) is 3.66. The number of carbonyl (C=O) groups is 1. The maximum atomic E-state index is 12.5. The van der Waals surface area contributed by atoms with E-state index in [-0.39, 0.29) is 23.5 Å². The molecule has 1 aromatic carbocycles. The largest absolute Gasteiger partial charge is 0.338 e. The fourth-order valence-electron chi connectivity index (χ4n) is 2.75. The number of anilines is 2. The molecule has 7 nitrogen and oxygen atoms in total. The molecule has 0 saturated carbocycles. The number of hydrogen-bond acceptors (Lipinski definition) is 6. The standard InChI is InChI=1S/C17H19ClN4O3S/c1-11-3-4-13(7-15(11)18)21-17-19-8-12(9-20-17)16(23)22(2)14-5-6-26(24,25)10-14/h3-4,7-9,14H,5-6,10H2,1-2H3,(H,19,20,21). The van der Waals surface area contributed by atoms with Gasteiger partial charge >= 0.3 is 0 Å². The van der Waals surface area contributed by atoms with Crippen LogP contribution in [0.5, 0.6) is 0 Å². The van der Waals surface area contributed by atoms with Crippen molar-refractivity contribution in [3.05, 3.63) is 46.7 Å². The molecule has 1 fully saturated rings. The lowest BCUT2D eigenvalue weighted by molar-refractivity contribution is 0.0747. The molecule has 1 amide bonds. The average molecular weight is 395 g/mol. The van der Waals surface area contributed by atoms with Gasteiger partial charge in [0, 0.05) is 36.2 Å². The summed E-state index contributed by atoms with van der Waals surface area (Å²) < 4.78 is 23.2. The smallest absolute Gasteiger partial charge is 0.257 e. The third kappa shape index (κ3) is 4.13. The van der Waals surface area contributed by atoms with Gasteiger partial charge < -0.3 is 10.2 Å². The van der Waals surface area contributed by atoms with E-state index in [1.165, 1.54) is 17.3 Å². The SMILES string of the molecule is Cc1ccc(Nc2ncc(C(=O)N(C)C3CCS(=O)(=O)C3)cn2)cc1Cl. The molecule has 1 aliphatic rings. The Morgan fingerprint density at radius 2 is 2.00 bits per heavy atom. The number of nitrogens with zero attached hydrogens (tertiary/aromatic N) is 3. The van der Waals surface area contributed by atoms with Crippen LogP contribution in [0.4, 0.5) is 11.6 Å². The fourth-order valence-corrected chi connectivity index (χ4v) is 4.71. The highest BCUT2D eigenvalue weighted by Gasteiger charge is 2.33. The number of halogens is 1. The summed E-state index contributed by atoms with van der Waals surface area (Å²) in [6.45, 7) is 1.91. The fraction of sp³-hybridized carbons (Fsp3) is 0.353. The van der Waals surface area contributed by atoms with Gasteiger partial charge in [0.05, 0.1) is 17.1 Å². The van der Waals surface area contributed by atoms with Crippen molar-refractivity contribution in [2.45, 2.75) is 19.4 Å². The number of aromatic nitrogens is 2. The summed E-state index contributed by atoms with van der Waals surface area (Å²) in [7, 11) is -1.44. The van der Waals surface area contributed by atoms with Crippen LogP contribution in [0, 0.1) is 6.92 Å². The van der Waals surface area contributed by atoms with Gasteiger partial charge in [-0.3, -0.25) is 4.79 Å². The van der Waals surface area contributed by atoms with E-state index in [1.807, 2.05) is 19.1 Å². The van der Waals surface area contributed by atoms with Crippen LogP contribution < -0.4 is 5.32 Å². The normalized spacial score (nSPS) is 18.5. The summed E-state index contributed by atoms with van der Waals surface area (Å²) in [6.07, 6.45) is 3.31. The molecule has 1 unspecified atom stereocenters. The monoisotopic (exact) mass is 394 g/mol. The van der Waals surface area contributed by atoms with Crippen LogP contribution in [-0.4, -0.2) is 53.8 Å². The molecule has 1 saturated heterocycles. The summed E-state index contributed by atoms with van der Waals surface area (Å²) in [5.41, 5.74) is 2.02. The van der Waals surface area contributed by atoms with Crippen molar-refractivity contribution < 1.29 is 13.2 Å². The van der Waals surface area contributed by atoms with E-state index >= 15 is 0 Å². The average Bonchev–Trinajstić information content (AvgIpc) is 2.97. The summed E-state index contributed by atoms with van der Waals surface area (Å²) >= 11 is 6.09. The van der Waals surface area contributed by atoms with E-state index in [2.05, 4.69) is 15.3 Å². The lowest BCUT2D eigenvalue weighted by Gasteiger charge is -2.23. The minimum absolute atomic E-state index is 0.00389. The van der Waals surface area contributed by atoms with E-state index in [0.29, 0.717) is 23.0 Å². The number of nitrogens with one attached hydrogen (secondary N) is 1. The maximum absolute atomic E-state index is 12.5. The van der Waals surface area contributed by atoms with E-state index in [1.54, 1.807) is 13.1 Å². The van der Waals surface area contributed by atoms with Crippen LogP contribution in [0.15, 0.2) is 30.6 Å². The molecule has 1 N–H and O–H groups in total. The lowest BCUT2D eigenvalue weighted by Crippen LogP contribution is -2.37. The topological polar surface area (TPSA) is 92.3 Å². The Morgan fingerprint density at radius 1 is 1.31 bits per heavy atom. The first-order valence-corrected chi connectivity index (χ1v) is 10.3. The van der Waals surface area contributed by atoms with Crippen molar-refractivity contribution in [3.63, 3.8) is 0 Å². The molecular weight excluding hydrogens is 376 g/mol. The molecule has 2 aromatic rings. The number of benzene rings is 1. The Balaban J connectivity index is 1.68. The van der Waals surface area contributed by atoms with Gasteiger partial charge in [-0.25, -0.2) is 18.4 Å². The van der Waals surface area contributed by atoms with Crippen molar-refractivity contribution in [3.8, 4) is 0 Å². The molecule has 138 valence electrons. The second-order valence-corrected chi connectivity index (χ2v) is 8.99. The highest BCUT2D eigenvalue weighted by Crippen LogP contribution is 2.22. The van der Waals surface area contributed by atoms with Crippen LogP contribution in [0.1, 0.15) is 22.3 Å². The van der Waals surface area contributed by atoms with Crippen LogP contribution in [0.3, 0.4) is 0 Å². The molecule has 0 spiro atoms. The predicted octanol–water partition coefficient (Wildman–Crippen LogP) is 2.44. The summed E-state index contributed by atoms with van der Waals surface area (Å²) in [5.74, 6) is 0.169. The molecule has 9 heteroatoms. The van der Waals surface area contributed by atoms with E-state index in [0.717, 1.165) is 11.3 Å². The Labute approximate surface area is 157 Å². The van der Waals surface area contributed by atoms with Gasteiger partial charge in [-0.2, -0.15) is 0 Å². The Hall–Kier alpha value is -2.19. The molecule has 1 aromatic heterocycles. The van der Waals surface area contributed by atoms with E-state index in [9.17, 15) is 13.2 Å². The zero-order chi connectivity index (χ0) is 18.9. The summed E-state index contributed by atoms with van der Waals surface area (Å²) in [4.78, 5) is 22.3. The van der Waals surface area contributed by atoms with Gasteiger partial charge in [0.1, 0.15) is 0 Å². The number of carbonyl (C=O) groups excluding carboxylic acids is 1. The molecule has 0 aliphatic carbocycles. The highest BCUT2D eigenvalue weighted by molar-refractivity contribution is 7.91. The van der Waals surface area contributed by atoms with Crippen LogP contribution in [0.25, 0.3) is 0 Å². The molecule has 1 aliphatic heterocycles. The van der Waals surface area contributed by atoms with Crippen molar-refractivity contribution in [1.29, 1.82) is 0 Å². The molecule has 0 radical (unpaired) electrons. The van der Waals surface area contributed by atoms with Gasteiger partial charge in [0.2, 0.25) is 5.95 Å². The minimum atomic E-state index is -3.05. The third-order valence-corrected chi connectivity index (χ3v) is 6.56. The van der Waals surface area contributed by atoms with Gasteiger partial charge in [-0.05, 0) is 31.0 Å². The summed E-state index contributed by atoms with van der Waals surface area (Å²) in [6, 6.07) is 5.21. The Bertz CT molecular complexity index is 932. The number of sulfone groups is 1. The molecule has 26 heavy (non-hydrogen) atoms. The minimum Gasteiger partial charge on any atom is -0.338 e. The van der Waals surface area contributed by atoms with Crippen molar-refractivity contribution in [2.75, 3.05) is 23.9 Å². The number of hydrogen-bond donors (Lipinski definition) is 1. The van der Waals surface area contributed by atoms with E-state index < -0.39 is 9.84 Å². The van der Waals surface area contributed by atoms with Crippen LogP contribution in [0.2, 0.25) is 5.02 Å². The zero-order valence-corrected chi connectivity index (χ0v) is 16.0. The molecule has 1 atom stereocenters. The quantitative estimate of drug-likeness (QED) is 0.856. The third-order valence-electron chi connectivity index (χ3n) is 4.40. The highest BCUT2D eigenvalue weighted by atomic mass is 35.5. The first-order chi connectivity index (χ1) is 12.2. The molecule has 0 bridgehead atoms. The van der Waals surface area contributed by atoms with Crippen LogP contribution in [-0.2, 0) is 9.84 Å². The van der Waals surface area contributed by atoms with Crippen LogP contribution >= 0.6 is 11.6 Å². The molecule has 2 heterocycles. The number of amides is 1. The zero-order valence-electron chi connectivity index (χ0n) is 14.4. The van der Waals surface area contributed by atoms with Gasteiger partial charge in [-0.1, -0.05) is 17.7 Å². The molecular formula is C17H19ClN4O3S. The van der Waals surface area contributed by atoms with Crippen molar-refractivity contribution in [1.82, 2.24) is 14.9 Å². The predicted molar refractivity (Wildman–Crippen MR) is 101 cm³/mol. The first-order valence-electron chi connectivity index (χ1n) is 8.08. The Morgan fingerprint density at radius 3 is 2.58 bits per heavy atom. The second-order valence-electron chi connectivity index (χ2n) is 6.36. The number of rotatable bonds is 4. The van der Waals surface area contributed by atoms with Crippen molar-refractivity contribution >= 4 is 39.0 Å². The van der Waals surface area contributed by atoms with Gasteiger partial charge in [-0.15, -0.1) is 0 Å². The number of aryl methyl sites for hydroxylation is 1. The maximum Gasteiger partial charge on any atom is 0.257 e. The van der Waals surface area contributed by atoms with Gasteiger partial charge in [0.15, 0.2) is 9.84 Å².